The largest absolute Gasteiger partial charge is 0.444 e. The van der Waals surface area contributed by atoms with Crippen molar-refractivity contribution in [3.8, 4) is 0 Å². The minimum absolute atomic E-state index is 0.224. The molecule has 0 aromatic carbocycles. The molecule has 1 amide bonds. The van der Waals surface area contributed by atoms with Gasteiger partial charge in [0.05, 0.1) is 0 Å². The van der Waals surface area contributed by atoms with Crippen molar-refractivity contribution in [3.63, 3.8) is 0 Å². The highest BCUT2D eigenvalue weighted by Gasteiger charge is 2.18. The van der Waals surface area contributed by atoms with Crippen LogP contribution in [0.4, 0.5) is 4.79 Å². The van der Waals surface area contributed by atoms with E-state index < -0.39 is 5.60 Å². The van der Waals surface area contributed by atoms with Crippen LogP contribution in [0.5, 0.6) is 0 Å². The Morgan fingerprint density at radius 1 is 1.41 bits per heavy atom. The number of carbonyl (C=O) groups excluding carboxylic acids is 1. The van der Waals surface area contributed by atoms with Gasteiger partial charge in [0.15, 0.2) is 0 Å². The summed E-state index contributed by atoms with van der Waals surface area (Å²) in [4.78, 5) is 13.0. The van der Waals surface area contributed by atoms with Gasteiger partial charge in [0.25, 0.3) is 0 Å². The zero-order valence-corrected chi connectivity index (χ0v) is 16.4. The summed E-state index contributed by atoms with van der Waals surface area (Å²) in [7, 11) is 0. The molecule has 0 spiro atoms. The summed E-state index contributed by atoms with van der Waals surface area (Å²) in [5.41, 5.74) is -0.465. The molecule has 1 unspecified atom stereocenters. The van der Waals surface area contributed by atoms with Crippen molar-refractivity contribution in [2.45, 2.75) is 59.2 Å². The van der Waals surface area contributed by atoms with Gasteiger partial charge in [-0.25, -0.2) is 4.79 Å². The number of halogens is 1. The number of nitrogens with one attached hydrogen (secondary N) is 2. The molecule has 4 nitrogen and oxygen atoms in total. The third-order valence-electron chi connectivity index (χ3n) is 2.89. The Labute approximate surface area is 146 Å². The molecule has 1 atom stereocenters. The topological polar surface area (TPSA) is 50.4 Å². The molecule has 0 aliphatic carbocycles. The quantitative estimate of drug-likeness (QED) is 0.718. The molecular formula is C16H27BrN2O2S. The predicted molar refractivity (Wildman–Crippen MR) is 96.3 cm³/mol. The first kappa shape index (κ1) is 19.5. The highest BCUT2D eigenvalue weighted by molar-refractivity contribution is 9.10. The third kappa shape index (κ3) is 8.15. The van der Waals surface area contributed by atoms with E-state index in [0.717, 1.165) is 17.4 Å². The molecular weight excluding hydrogens is 364 g/mol. The molecule has 2 N–H and O–H groups in total. The number of amides is 1. The molecule has 1 aromatic rings. The molecule has 1 heterocycles. The van der Waals surface area contributed by atoms with Crippen LogP contribution in [0, 0.1) is 5.92 Å². The van der Waals surface area contributed by atoms with Gasteiger partial charge in [-0.1, -0.05) is 13.8 Å². The Bertz CT molecular complexity index is 469. The fraction of sp³-hybridized carbons (Fsp3) is 0.688. The summed E-state index contributed by atoms with van der Waals surface area (Å²) >= 11 is 5.26. The van der Waals surface area contributed by atoms with Gasteiger partial charge in [-0.3, -0.25) is 0 Å². The highest BCUT2D eigenvalue weighted by Crippen LogP contribution is 2.22. The first-order valence-electron chi connectivity index (χ1n) is 7.59. The van der Waals surface area contributed by atoms with Gasteiger partial charge in [-0.15, -0.1) is 11.3 Å². The van der Waals surface area contributed by atoms with E-state index in [0.29, 0.717) is 12.5 Å². The fourth-order valence-electron chi connectivity index (χ4n) is 2.02. The highest BCUT2D eigenvalue weighted by atomic mass is 79.9. The summed E-state index contributed by atoms with van der Waals surface area (Å²) < 4.78 is 6.41. The number of thiophene rings is 1. The predicted octanol–water partition coefficient (Wildman–Crippen LogP) is 4.54. The number of hydrogen-bond acceptors (Lipinski definition) is 4. The standard InChI is InChI=1S/C16H27BrN2O2S/c1-11(2)8-12(9-19-15(20)21-16(3,4)5)18-10-14-13(17)6-7-22-14/h6-7,11-12,18H,8-10H2,1-5H3,(H,19,20). The molecule has 0 saturated carbocycles. The summed E-state index contributed by atoms with van der Waals surface area (Å²) in [5, 5.41) is 8.45. The first-order valence-corrected chi connectivity index (χ1v) is 9.26. The maximum atomic E-state index is 11.8. The van der Waals surface area contributed by atoms with E-state index >= 15 is 0 Å². The maximum absolute atomic E-state index is 11.8. The summed E-state index contributed by atoms with van der Waals surface area (Å²) in [6.45, 7) is 11.3. The monoisotopic (exact) mass is 390 g/mol. The minimum atomic E-state index is -0.465. The second-order valence-corrected chi connectivity index (χ2v) is 8.64. The Hall–Kier alpha value is -0.590. The fourth-order valence-corrected chi connectivity index (χ4v) is 3.46. The van der Waals surface area contributed by atoms with Gasteiger partial charge in [0, 0.05) is 28.5 Å². The van der Waals surface area contributed by atoms with E-state index in [-0.39, 0.29) is 12.1 Å². The van der Waals surface area contributed by atoms with Gasteiger partial charge >= 0.3 is 6.09 Å². The molecule has 0 aliphatic rings. The smallest absolute Gasteiger partial charge is 0.407 e. The SMILES string of the molecule is CC(C)CC(CNC(=O)OC(C)(C)C)NCc1sccc1Br. The zero-order valence-electron chi connectivity index (χ0n) is 14.0. The van der Waals surface area contributed by atoms with Crippen molar-refractivity contribution >= 4 is 33.4 Å². The molecule has 22 heavy (non-hydrogen) atoms. The second-order valence-electron chi connectivity index (χ2n) is 6.78. The van der Waals surface area contributed by atoms with E-state index in [1.54, 1.807) is 11.3 Å². The molecule has 1 aromatic heterocycles. The first-order chi connectivity index (χ1) is 10.2. The van der Waals surface area contributed by atoms with Crippen LogP contribution in [0.2, 0.25) is 0 Å². The van der Waals surface area contributed by atoms with E-state index in [9.17, 15) is 4.79 Å². The van der Waals surface area contributed by atoms with E-state index in [4.69, 9.17) is 4.74 Å². The van der Waals surface area contributed by atoms with Gasteiger partial charge in [-0.05, 0) is 60.5 Å². The number of hydrogen-bond donors (Lipinski definition) is 2. The third-order valence-corrected chi connectivity index (χ3v) is 4.82. The molecule has 1 rings (SSSR count). The van der Waals surface area contributed by atoms with Crippen LogP contribution in [-0.2, 0) is 11.3 Å². The van der Waals surface area contributed by atoms with Crippen LogP contribution in [-0.4, -0.2) is 24.3 Å². The Morgan fingerprint density at radius 3 is 2.59 bits per heavy atom. The average Bonchev–Trinajstić information content (AvgIpc) is 2.75. The van der Waals surface area contributed by atoms with E-state index in [2.05, 4.69) is 51.9 Å². The van der Waals surface area contributed by atoms with Crippen molar-refractivity contribution in [1.29, 1.82) is 0 Å². The lowest BCUT2D eigenvalue weighted by Crippen LogP contribution is -2.43. The number of alkyl carbamates (subject to hydrolysis) is 1. The Kier molecular flexibility index (Phi) is 7.86. The van der Waals surface area contributed by atoms with Gasteiger partial charge in [-0.2, -0.15) is 0 Å². The van der Waals surface area contributed by atoms with Crippen LogP contribution < -0.4 is 10.6 Å². The molecule has 0 fully saturated rings. The molecule has 0 saturated heterocycles. The number of rotatable bonds is 7. The van der Waals surface area contributed by atoms with Gasteiger partial charge in [0.2, 0.25) is 0 Å². The van der Waals surface area contributed by atoms with E-state index in [1.165, 1.54) is 4.88 Å². The van der Waals surface area contributed by atoms with Gasteiger partial charge in [0.1, 0.15) is 5.60 Å². The van der Waals surface area contributed by atoms with Crippen LogP contribution in [0.3, 0.4) is 0 Å². The molecule has 126 valence electrons. The lowest BCUT2D eigenvalue weighted by Gasteiger charge is -2.23. The molecule has 6 heteroatoms. The maximum Gasteiger partial charge on any atom is 0.407 e. The number of carbonyl (C=O) groups is 1. The Morgan fingerprint density at radius 2 is 2.09 bits per heavy atom. The van der Waals surface area contributed by atoms with Crippen molar-refractivity contribution in [1.82, 2.24) is 10.6 Å². The second kappa shape index (κ2) is 8.89. The Balaban J connectivity index is 2.47. The minimum Gasteiger partial charge on any atom is -0.444 e. The summed E-state index contributed by atoms with van der Waals surface area (Å²) in [6, 6.07) is 2.28. The van der Waals surface area contributed by atoms with Crippen LogP contribution in [0.1, 0.15) is 45.9 Å². The molecule has 0 aliphatic heterocycles. The molecule has 0 radical (unpaired) electrons. The van der Waals surface area contributed by atoms with Crippen LogP contribution in [0.15, 0.2) is 15.9 Å². The van der Waals surface area contributed by atoms with Gasteiger partial charge < -0.3 is 15.4 Å². The zero-order chi connectivity index (χ0) is 16.8. The van der Waals surface area contributed by atoms with Crippen molar-refractivity contribution in [2.75, 3.05) is 6.54 Å². The van der Waals surface area contributed by atoms with Crippen LogP contribution in [0.25, 0.3) is 0 Å². The number of ether oxygens (including phenoxy) is 1. The average molecular weight is 391 g/mol. The lowest BCUT2D eigenvalue weighted by atomic mass is 10.0. The van der Waals surface area contributed by atoms with Crippen molar-refractivity contribution in [3.05, 3.63) is 20.8 Å². The summed E-state index contributed by atoms with van der Waals surface area (Å²) in [6.07, 6.45) is 0.638. The van der Waals surface area contributed by atoms with Crippen molar-refractivity contribution in [2.24, 2.45) is 5.92 Å². The summed E-state index contributed by atoms with van der Waals surface area (Å²) in [5.74, 6) is 0.560. The lowest BCUT2D eigenvalue weighted by molar-refractivity contribution is 0.0521. The molecule has 0 bridgehead atoms. The van der Waals surface area contributed by atoms with Crippen molar-refractivity contribution < 1.29 is 9.53 Å². The normalized spacial score (nSPS) is 13.2. The van der Waals surface area contributed by atoms with Crippen LogP contribution >= 0.6 is 27.3 Å². The van der Waals surface area contributed by atoms with E-state index in [1.807, 2.05) is 20.8 Å².